The third-order valence-corrected chi connectivity index (χ3v) is 3.23. The summed E-state index contributed by atoms with van der Waals surface area (Å²) in [7, 11) is 0. The number of carbonyl (C=O) groups excluding carboxylic acids is 3. The summed E-state index contributed by atoms with van der Waals surface area (Å²) in [5.74, 6) is -0.162. The van der Waals surface area contributed by atoms with Gasteiger partial charge < -0.3 is 25.0 Å². The Bertz CT molecular complexity index is 425. The molecule has 1 saturated heterocycles. The number of rotatable bonds is 4. The van der Waals surface area contributed by atoms with Crippen molar-refractivity contribution in [1.82, 2.24) is 15.5 Å². The van der Waals surface area contributed by atoms with Crippen molar-refractivity contribution in [2.24, 2.45) is 0 Å². The fraction of sp³-hybridized carbons (Fsp3) is 0.800. The van der Waals surface area contributed by atoms with Gasteiger partial charge in [-0.25, -0.2) is 9.59 Å². The average molecular weight is 329 g/mol. The van der Waals surface area contributed by atoms with E-state index in [1.807, 2.05) is 0 Å². The Balaban J connectivity index is 2.27. The SMILES string of the molecule is CCOC(=O)NC1CCN(C(=O)CNC(=O)OC(C)(C)C)CC1. The van der Waals surface area contributed by atoms with Crippen molar-refractivity contribution >= 4 is 18.1 Å². The summed E-state index contributed by atoms with van der Waals surface area (Å²) in [4.78, 5) is 36.6. The molecule has 1 heterocycles. The number of hydrogen-bond donors (Lipinski definition) is 2. The van der Waals surface area contributed by atoms with Gasteiger partial charge >= 0.3 is 12.2 Å². The number of amides is 3. The van der Waals surface area contributed by atoms with E-state index in [2.05, 4.69) is 10.6 Å². The maximum Gasteiger partial charge on any atom is 0.408 e. The Kier molecular flexibility index (Phi) is 7.12. The Labute approximate surface area is 136 Å². The monoisotopic (exact) mass is 329 g/mol. The molecule has 23 heavy (non-hydrogen) atoms. The fourth-order valence-electron chi connectivity index (χ4n) is 2.19. The largest absolute Gasteiger partial charge is 0.450 e. The molecule has 8 heteroatoms. The maximum absolute atomic E-state index is 12.0. The minimum Gasteiger partial charge on any atom is -0.450 e. The summed E-state index contributed by atoms with van der Waals surface area (Å²) >= 11 is 0. The van der Waals surface area contributed by atoms with Gasteiger partial charge in [-0.3, -0.25) is 4.79 Å². The van der Waals surface area contributed by atoms with Gasteiger partial charge in [0.05, 0.1) is 6.61 Å². The standard InChI is InChI=1S/C15H27N3O5/c1-5-22-14(21)17-11-6-8-18(9-7-11)12(19)10-16-13(20)23-15(2,3)4/h11H,5-10H2,1-4H3,(H,16,20)(H,17,21). The van der Waals surface area contributed by atoms with E-state index < -0.39 is 17.8 Å². The molecule has 0 radical (unpaired) electrons. The first-order valence-electron chi connectivity index (χ1n) is 7.89. The zero-order valence-electron chi connectivity index (χ0n) is 14.3. The summed E-state index contributed by atoms with van der Waals surface area (Å²) < 4.78 is 9.91. The van der Waals surface area contributed by atoms with Crippen molar-refractivity contribution in [2.75, 3.05) is 26.2 Å². The van der Waals surface area contributed by atoms with E-state index in [4.69, 9.17) is 9.47 Å². The molecular weight excluding hydrogens is 302 g/mol. The molecule has 0 unspecified atom stereocenters. The normalized spacial score (nSPS) is 15.7. The van der Waals surface area contributed by atoms with Gasteiger partial charge in [0.1, 0.15) is 12.1 Å². The molecule has 0 aromatic carbocycles. The highest BCUT2D eigenvalue weighted by molar-refractivity contribution is 5.82. The molecule has 1 aliphatic heterocycles. The number of piperidine rings is 1. The molecule has 0 spiro atoms. The highest BCUT2D eigenvalue weighted by Crippen LogP contribution is 2.11. The second-order valence-corrected chi connectivity index (χ2v) is 6.38. The van der Waals surface area contributed by atoms with Crippen LogP contribution >= 0.6 is 0 Å². The van der Waals surface area contributed by atoms with Gasteiger partial charge in [-0.05, 0) is 40.5 Å². The second-order valence-electron chi connectivity index (χ2n) is 6.38. The number of carbonyl (C=O) groups is 3. The first-order valence-corrected chi connectivity index (χ1v) is 7.89. The molecule has 1 fully saturated rings. The van der Waals surface area contributed by atoms with Crippen LogP contribution < -0.4 is 10.6 Å². The number of ether oxygens (including phenoxy) is 2. The fourth-order valence-corrected chi connectivity index (χ4v) is 2.19. The molecule has 0 atom stereocenters. The Morgan fingerprint density at radius 1 is 1.13 bits per heavy atom. The van der Waals surface area contributed by atoms with Gasteiger partial charge in [0.15, 0.2) is 0 Å². The molecule has 2 N–H and O–H groups in total. The van der Waals surface area contributed by atoms with E-state index in [9.17, 15) is 14.4 Å². The lowest BCUT2D eigenvalue weighted by Crippen LogP contribution is -2.49. The van der Waals surface area contributed by atoms with Gasteiger partial charge in [0.2, 0.25) is 5.91 Å². The molecule has 8 nitrogen and oxygen atoms in total. The van der Waals surface area contributed by atoms with Crippen LogP contribution in [0.3, 0.4) is 0 Å². The van der Waals surface area contributed by atoms with Crippen LogP contribution in [0.1, 0.15) is 40.5 Å². The van der Waals surface area contributed by atoms with Crippen LogP contribution in [0.2, 0.25) is 0 Å². The molecule has 1 aliphatic rings. The van der Waals surface area contributed by atoms with Crippen molar-refractivity contribution in [2.45, 2.75) is 52.2 Å². The van der Waals surface area contributed by atoms with Crippen molar-refractivity contribution in [3.8, 4) is 0 Å². The minimum atomic E-state index is -0.607. The van der Waals surface area contributed by atoms with Gasteiger partial charge in [0, 0.05) is 19.1 Å². The predicted molar refractivity (Wildman–Crippen MR) is 84.0 cm³/mol. The van der Waals surface area contributed by atoms with E-state index in [0.717, 1.165) is 0 Å². The van der Waals surface area contributed by atoms with E-state index >= 15 is 0 Å². The highest BCUT2D eigenvalue weighted by Gasteiger charge is 2.25. The van der Waals surface area contributed by atoms with Crippen molar-refractivity contribution in [3.05, 3.63) is 0 Å². The predicted octanol–water partition coefficient (Wildman–Crippen LogP) is 1.25. The summed E-state index contributed by atoms with van der Waals surface area (Å²) in [6, 6.07) is 0.0110. The zero-order chi connectivity index (χ0) is 17.5. The summed E-state index contributed by atoms with van der Waals surface area (Å²) in [5, 5.41) is 5.22. The lowest BCUT2D eigenvalue weighted by Gasteiger charge is -2.32. The first kappa shape index (κ1) is 19.1. The smallest absolute Gasteiger partial charge is 0.408 e. The lowest BCUT2D eigenvalue weighted by atomic mass is 10.1. The number of alkyl carbamates (subject to hydrolysis) is 2. The van der Waals surface area contributed by atoms with Gasteiger partial charge in [-0.15, -0.1) is 0 Å². The first-order chi connectivity index (χ1) is 10.7. The van der Waals surface area contributed by atoms with Crippen LogP contribution in [0, 0.1) is 0 Å². The molecule has 1 rings (SSSR count). The van der Waals surface area contributed by atoms with Crippen molar-refractivity contribution < 1.29 is 23.9 Å². The molecule has 0 saturated carbocycles. The van der Waals surface area contributed by atoms with Crippen LogP contribution in [-0.2, 0) is 14.3 Å². The molecule has 3 amide bonds. The number of nitrogens with zero attached hydrogens (tertiary/aromatic N) is 1. The lowest BCUT2D eigenvalue weighted by molar-refractivity contribution is -0.131. The molecule has 132 valence electrons. The van der Waals surface area contributed by atoms with Crippen LogP contribution in [0.5, 0.6) is 0 Å². The van der Waals surface area contributed by atoms with Gasteiger partial charge in [-0.1, -0.05) is 0 Å². The number of likely N-dealkylation sites (tertiary alicyclic amines) is 1. The van der Waals surface area contributed by atoms with Crippen molar-refractivity contribution in [3.63, 3.8) is 0 Å². The summed E-state index contributed by atoms with van der Waals surface area (Å²) in [6.45, 7) is 8.34. The summed E-state index contributed by atoms with van der Waals surface area (Å²) in [6.07, 6.45) is 0.294. The number of hydrogen-bond acceptors (Lipinski definition) is 5. The van der Waals surface area contributed by atoms with Crippen LogP contribution in [0.4, 0.5) is 9.59 Å². The molecular formula is C15H27N3O5. The molecule has 0 aromatic rings. The quantitative estimate of drug-likeness (QED) is 0.809. The van der Waals surface area contributed by atoms with Crippen LogP contribution in [0.15, 0.2) is 0 Å². The van der Waals surface area contributed by atoms with E-state index in [0.29, 0.717) is 32.5 Å². The second kappa shape index (κ2) is 8.59. The van der Waals surface area contributed by atoms with Gasteiger partial charge in [-0.2, -0.15) is 0 Å². The summed E-state index contributed by atoms with van der Waals surface area (Å²) in [5.41, 5.74) is -0.593. The topological polar surface area (TPSA) is 97.0 Å². The zero-order valence-corrected chi connectivity index (χ0v) is 14.3. The highest BCUT2D eigenvalue weighted by atomic mass is 16.6. The van der Waals surface area contributed by atoms with Crippen LogP contribution in [0.25, 0.3) is 0 Å². The minimum absolute atomic E-state index is 0.0110. The maximum atomic E-state index is 12.0. The molecule has 0 aromatic heterocycles. The van der Waals surface area contributed by atoms with E-state index in [1.165, 1.54) is 0 Å². The Morgan fingerprint density at radius 2 is 1.74 bits per heavy atom. The average Bonchev–Trinajstić information content (AvgIpc) is 2.44. The number of nitrogens with one attached hydrogen (secondary N) is 2. The third kappa shape index (κ3) is 7.71. The molecule has 0 bridgehead atoms. The molecule has 0 aliphatic carbocycles. The van der Waals surface area contributed by atoms with Gasteiger partial charge in [0.25, 0.3) is 0 Å². The third-order valence-electron chi connectivity index (χ3n) is 3.23. The Hall–Kier alpha value is -1.99. The van der Waals surface area contributed by atoms with Crippen molar-refractivity contribution in [1.29, 1.82) is 0 Å². The Morgan fingerprint density at radius 3 is 2.26 bits per heavy atom. The van der Waals surface area contributed by atoms with Crippen LogP contribution in [-0.4, -0.2) is 60.9 Å². The van der Waals surface area contributed by atoms with E-state index in [1.54, 1.807) is 32.6 Å². The van der Waals surface area contributed by atoms with E-state index in [-0.39, 0.29) is 18.5 Å².